The van der Waals surface area contributed by atoms with Gasteiger partial charge in [-0.05, 0) is 92.6 Å². The van der Waals surface area contributed by atoms with Crippen molar-refractivity contribution in [2.24, 2.45) is 16.2 Å². The molecule has 0 aromatic rings. The van der Waals surface area contributed by atoms with Crippen molar-refractivity contribution in [3.8, 4) is 0 Å². The Morgan fingerprint density at radius 2 is 1.54 bits per heavy atom. The zero-order chi connectivity index (χ0) is 26.1. The fourth-order valence-corrected chi connectivity index (χ4v) is 7.59. The Hall–Kier alpha value is -2.01. The van der Waals surface area contributed by atoms with Crippen LogP contribution in [-0.4, -0.2) is 34.2 Å². The molecule has 1 N–H and O–H groups in total. The van der Waals surface area contributed by atoms with Gasteiger partial charge in [0, 0.05) is 34.7 Å². The predicted octanol–water partition coefficient (Wildman–Crippen LogP) is 6.52. The highest BCUT2D eigenvalue weighted by molar-refractivity contribution is 6.10. The molecule has 35 heavy (non-hydrogen) atoms. The van der Waals surface area contributed by atoms with Gasteiger partial charge in [-0.3, -0.25) is 14.4 Å². The SMILES string of the molecule is CC1=C(CCC23CCC(=O)C(C)(C)C2=C(O)C(=O)C(C)=C3C)[C@]2(C)CCC(=O)C(C)(C)O[C@H]2CC1. The van der Waals surface area contributed by atoms with E-state index in [2.05, 4.69) is 13.8 Å². The first kappa shape index (κ1) is 26.1. The van der Waals surface area contributed by atoms with Gasteiger partial charge in [-0.2, -0.15) is 0 Å². The maximum absolute atomic E-state index is 12.9. The van der Waals surface area contributed by atoms with Crippen molar-refractivity contribution in [1.29, 1.82) is 0 Å². The number of ether oxygens (including phenoxy) is 1. The molecule has 0 aromatic heterocycles. The van der Waals surface area contributed by atoms with Crippen LogP contribution >= 0.6 is 0 Å². The highest BCUT2D eigenvalue weighted by Crippen LogP contribution is 2.60. The van der Waals surface area contributed by atoms with Gasteiger partial charge in [-0.25, -0.2) is 0 Å². The lowest BCUT2D eigenvalue weighted by molar-refractivity contribution is -0.150. The summed E-state index contributed by atoms with van der Waals surface area (Å²) in [6, 6.07) is 0. The maximum Gasteiger partial charge on any atom is 0.222 e. The molecule has 5 heteroatoms. The van der Waals surface area contributed by atoms with Crippen LogP contribution in [0, 0.1) is 16.2 Å². The van der Waals surface area contributed by atoms with E-state index >= 15 is 0 Å². The van der Waals surface area contributed by atoms with Crippen LogP contribution in [0.1, 0.15) is 107 Å². The predicted molar refractivity (Wildman–Crippen MR) is 136 cm³/mol. The third kappa shape index (κ3) is 3.72. The van der Waals surface area contributed by atoms with Gasteiger partial charge in [0.15, 0.2) is 11.5 Å². The number of hydrogen-bond acceptors (Lipinski definition) is 5. The van der Waals surface area contributed by atoms with Gasteiger partial charge in [0.1, 0.15) is 11.4 Å². The van der Waals surface area contributed by atoms with Gasteiger partial charge < -0.3 is 9.84 Å². The van der Waals surface area contributed by atoms with Crippen molar-refractivity contribution in [1.82, 2.24) is 0 Å². The highest BCUT2D eigenvalue weighted by atomic mass is 16.5. The van der Waals surface area contributed by atoms with Crippen LogP contribution < -0.4 is 0 Å². The zero-order valence-electron chi connectivity index (χ0n) is 22.8. The molecule has 4 aliphatic rings. The fourth-order valence-electron chi connectivity index (χ4n) is 7.59. The number of carbonyl (C=O) groups is 3. The first-order valence-corrected chi connectivity index (χ1v) is 13.2. The Bertz CT molecular complexity index is 1100. The molecule has 0 bridgehead atoms. The Kier molecular flexibility index (Phi) is 6.15. The summed E-state index contributed by atoms with van der Waals surface area (Å²) in [5.74, 6) is -0.344. The molecule has 0 spiro atoms. The van der Waals surface area contributed by atoms with Crippen molar-refractivity contribution in [3.63, 3.8) is 0 Å². The average molecular weight is 483 g/mol. The second-order valence-electron chi connectivity index (χ2n) is 12.7. The number of ketones is 3. The van der Waals surface area contributed by atoms with Crippen LogP contribution in [0.25, 0.3) is 0 Å². The quantitative estimate of drug-likeness (QED) is 0.463. The molecule has 4 rings (SSSR count). The number of Topliss-reactive ketones (excluding diaryl/α,β-unsaturated/α-hetero) is 3. The second kappa shape index (κ2) is 8.26. The molecule has 2 fully saturated rings. The molecule has 3 aliphatic carbocycles. The van der Waals surface area contributed by atoms with E-state index < -0.39 is 16.4 Å². The van der Waals surface area contributed by atoms with Crippen molar-refractivity contribution in [3.05, 3.63) is 33.6 Å². The van der Waals surface area contributed by atoms with Gasteiger partial charge in [-0.1, -0.05) is 23.6 Å². The van der Waals surface area contributed by atoms with E-state index in [9.17, 15) is 19.5 Å². The molecule has 3 atom stereocenters. The molecule has 1 heterocycles. The number of aliphatic hydroxyl groups excluding tert-OH is 1. The lowest BCUT2D eigenvalue weighted by Gasteiger charge is -2.51. The van der Waals surface area contributed by atoms with E-state index in [1.54, 1.807) is 6.92 Å². The van der Waals surface area contributed by atoms with E-state index in [0.29, 0.717) is 30.4 Å². The normalized spacial score (nSPS) is 35.2. The third-order valence-electron chi connectivity index (χ3n) is 10.1. The topological polar surface area (TPSA) is 80.7 Å². The van der Waals surface area contributed by atoms with Crippen molar-refractivity contribution in [2.75, 3.05) is 0 Å². The number of aliphatic hydroxyl groups is 1. The Morgan fingerprint density at radius 3 is 2.20 bits per heavy atom. The minimum absolute atomic E-state index is 0.0146. The number of carbonyl (C=O) groups excluding carboxylic acids is 3. The summed E-state index contributed by atoms with van der Waals surface area (Å²) in [4.78, 5) is 38.7. The van der Waals surface area contributed by atoms with E-state index in [0.717, 1.165) is 37.7 Å². The van der Waals surface area contributed by atoms with Crippen LogP contribution in [0.3, 0.4) is 0 Å². The maximum atomic E-state index is 12.9. The van der Waals surface area contributed by atoms with Gasteiger partial charge >= 0.3 is 0 Å². The molecule has 192 valence electrons. The highest BCUT2D eigenvalue weighted by Gasteiger charge is 2.56. The summed E-state index contributed by atoms with van der Waals surface area (Å²) in [5, 5.41) is 11.1. The fraction of sp³-hybridized carbons (Fsp3) is 0.700. The van der Waals surface area contributed by atoms with Gasteiger partial charge in [-0.15, -0.1) is 0 Å². The van der Waals surface area contributed by atoms with E-state index in [-0.39, 0.29) is 34.6 Å². The lowest BCUT2D eigenvalue weighted by atomic mass is 9.51. The molecule has 1 saturated heterocycles. The van der Waals surface area contributed by atoms with Crippen LogP contribution in [0.2, 0.25) is 0 Å². The smallest absolute Gasteiger partial charge is 0.222 e. The number of rotatable bonds is 3. The third-order valence-corrected chi connectivity index (χ3v) is 10.1. The molecule has 1 aliphatic heterocycles. The standard InChI is InChI=1S/C30H42O5/c1-17-9-10-23-29(8,14-12-22(32)28(6,7)35-23)20(17)11-15-30-16-13-21(31)27(4,5)26(30)25(34)24(33)18(2)19(30)3/h23,34H,9-16H2,1-8H3/t23-,29-,30?/m0/s1. The first-order chi connectivity index (χ1) is 16.1. The summed E-state index contributed by atoms with van der Waals surface area (Å²) in [6.45, 7) is 15.7. The number of hydrogen-bond donors (Lipinski definition) is 1. The molecule has 1 unspecified atom stereocenters. The van der Waals surface area contributed by atoms with Gasteiger partial charge in [0.2, 0.25) is 5.78 Å². The van der Waals surface area contributed by atoms with Gasteiger partial charge in [0.05, 0.1) is 6.10 Å². The summed E-state index contributed by atoms with van der Waals surface area (Å²) >= 11 is 0. The minimum atomic E-state index is -0.885. The van der Waals surface area contributed by atoms with Crippen LogP contribution in [0.15, 0.2) is 33.6 Å². The molecule has 0 aromatic carbocycles. The van der Waals surface area contributed by atoms with Crippen LogP contribution in [-0.2, 0) is 19.1 Å². The van der Waals surface area contributed by atoms with Crippen molar-refractivity contribution >= 4 is 17.3 Å². The van der Waals surface area contributed by atoms with E-state index in [4.69, 9.17) is 4.74 Å². The van der Waals surface area contributed by atoms with E-state index in [1.807, 2.05) is 34.6 Å². The Morgan fingerprint density at radius 1 is 0.914 bits per heavy atom. The van der Waals surface area contributed by atoms with E-state index in [1.165, 1.54) is 11.1 Å². The van der Waals surface area contributed by atoms with Crippen molar-refractivity contribution < 1.29 is 24.2 Å². The monoisotopic (exact) mass is 482 g/mol. The first-order valence-electron chi connectivity index (χ1n) is 13.2. The molecule has 1 saturated carbocycles. The number of fused-ring (bicyclic) bond motifs is 2. The average Bonchev–Trinajstić information content (AvgIpc) is 2.87. The van der Waals surface area contributed by atoms with Gasteiger partial charge in [0.25, 0.3) is 0 Å². The largest absolute Gasteiger partial charge is 0.504 e. The Labute approximate surface area is 210 Å². The summed E-state index contributed by atoms with van der Waals surface area (Å²) in [7, 11) is 0. The van der Waals surface area contributed by atoms with Crippen LogP contribution in [0.4, 0.5) is 0 Å². The zero-order valence-corrected chi connectivity index (χ0v) is 22.8. The van der Waals surface area contributed by atoms with Crippen molar-refractivity contribution in [2.45, 2.75) is 118 Å². The molecular formula is C30H42O5. The van der Waals surface area contributed by atoms with Crippen LogP contribution in [0.5, 0.6) is 0 Å². The molecule has 0 amide bonds. The number of allylic oxidation sites excluding steroid dienone is 4. The summed E-state index contributed by atoms with van der Waals surface area (Å²) < 4.78 is 6.48. The summed E-state index contributed by atoms with van der Waals surface area (Å²) in [5.41, 5.74) is 2.50. The summed E-state index contributed by atoms with van der Waals surface area (Å²) in [6.07, 6.45) is 5.67. The minimum Gasteiger partial charge on any atom is -0.504 e. The Balaban J connectivity index is 1.76. The molecule has 5 nitrogen and oxygen atoms in total. The second-order valence-corrected chi connectivity index (χ2v) is 12.7. The molecular weight excluding hydrogens is 440 g/mol. The lowest BCUT2D eigenvalue weighted by Crippen LogP contribution is -2.48. The molecule has 0 radical (unpaired) electrons.